The van der Waals surface area contributed by atoms with Gasteiger partial charge in [-0.25, -0.2) is 0 Å². The molecular weight excluding hydrogens is 376 g/mol. The molecule has 5 rings (SSSR count). The number of nitrogens with zero attached hydrogens (tertiary/aromatic N) is 2. The number of hydrogen-bond acceptors (Lipinski definition) is 5. The summed E-state index contributed by atoms with van der Waals surface area (Å²) in [7, 11) is 0. The highest BCUT2D eigenvalue weighted by Gasteiger charge is 2.59. The highest BCUT2D eigenvalue weighted by atomic mass is 79.9. The molecule has 122 valence electrons. The van der Waals surface area contributed by atoms with Crippen LogP contribution in [0.4, 0.5) is 0 Å². The van der Waals surface area contributed by atoms with Gasteiger partial charge in [0.2, 0.25) is 6.79 Å². The largest absolute Gasteiger partial charge is 0.454 e. The fourth-order valence-corrected chi connectivity index (χ4v) is 4.58. The summed E-state index contributed by atoms with van der Waals surface area (Å²) in [6.07, 6.45) is 6.56. The van der Waals surface area contributed by atoms with Gasteiger partial charge in [-0.05, 0) is 46.3 Å². The van der Waals surface area contributed by atoms with Crippen molar-refractivity contribution in [3.63, 3.8) is 0 Å². The molecule has 0 N–H and O–H groups in total. The van der Waals surface area contributed by atoms with E-state index in [9.17, 15) is 9.59 Å². The average molecular weight is 389 g/mol. The zero-order valence-corrected chi connectivity index (χ0v) is 14.1. The highest BCUT2D eigenvalue weighted by Crippen LogP contribution is 2.52. The Balaban J connectivity index is 1.44. The predicted octanol–water partition coefficient (Wildman–Crippen LogP) is 2.32. The molecule has 0 aromatic heterocycles. The summed E-state index contributed by atoms with van der Waals surface area (Å²) < 4.78 is 11.4. The molecule has 6 nitrogen and oxygen atoms in total. The van der Waals surface area contributed by atoms with Crippen LogP contribution in [0.25, 0.3) is 0 Å². The lowest BCUT2D eigenvalue weighted by atomic mass is 9.85. The summed E-state index contributed by atoms with van der Waals surface area (Å²) in [6, 6.07) is 3.56. The third-order valence-corrected chi connectivity index (χ3v) is 5.94. The molecule has 2 aliphatic carbocycles. The molecule has 0 radical (unpaired) electrons. The molecule has 0 spiro atoms. The number of fused-ring (bicyclic) bond motifs is 6. The summed E-state index contributed by atoms with van der Waals surface area (Å²) >= 11 is 3.44. The van der Waals surface area contributed by atoms with Crippen molar-refractivity contribution in [1.82, 2.24) is 5.01 Å². The van der Waals surface area contributed by atoms with E-state index in [1.807, 2.05) is 0 Å². The maximum absolute atomic E-state index is 12.6. The molecule has 24 heavy (non-hydrogen) atoms. The monoisotopic (exact) mass is 388 g/mol. The van der Waals surface area contributed by atoms with E-state index in [-0.39, 0.29) is 42.3 Å². The van der Waals surface area contributed by atoms with Crippen molar-refractivity contribution in [3.05, 3.63) is 34.3 Å². The van der Waals surface area contributed by atoms with Crippen LogP contribution < -0.4 is 9.47 Å². The van der Waals surface area contributed by atoms with Gasteiger partial charge in [-0.1, -0.05) is 12.2 Å². The number of halogens is 1. The van der Waals surface area contributed by atoms with Gasteiger partial charge in [0.05, 0.1) is 18.1 Å². The SMILES string of the molecule is O=C1[C@@H]2[C@@H](C(=O)N1/N=C\c1cc3c(cc1Br)OCO3)[C@H]1C=C[C@H]2C1. The molecular formula is C17H13BrN2O4. The van der Waals surface area contributed by atoms with E-state index in [4.69, 9.17) is 9.47 Å². The van der Waals surface area contributed by atoms with Crippen LogP contribution in [0, 0.1) is 23.7 Å². The molecule has 2 heterocycles. The first-order chi connectivity index (χ1) is 11.6. The van der Waals surface area contributed by atoms with Crippen molar-refractivity contribution in [3.8, 4) is 11.5 Å². The van der Waals surface area contributed by atoms with Gasteiger partial charge >= 0.3 is 0 Å². The van der Waals surface area contributed by atoms with Crippen molar-refractivity contribution in [2.75, 3.05) is 6.79 Å². The van der Waals surface area contributed by atoms with Crippen LogP contribution in [0.5, 0.6) is 11.5 Å². The second-order valence-electron chi connectivity index (χ2n) is 6.46. The highest BCUT2D eigenvalue weighted by molar-refractivity contribution is 9.10. The van der Waals surface area contributed by atoms with Crippen molar-refractivity contribution < 1.29 is 19.1 Å². The smallest absolute Gasteiger partial charge is 0.254 e. The summed E-state index contributed by atoms with van der Waals surface area (Å²) in [4.78, 5) is 25.2. The van der Waals surface area contributed by atoms with E-state index in [0.717, 1.165) is 21.5 Å². The topological polar surface area (TPSA) is 68.2 Å². The first-order valence-corrected chi connectivity index (χ1v) is 8.62. The van der Waals surface area contributed by atoms with Crippen LogP contribution in [0.15, 0.2) is 33.9 Å². The van der Waals surface area contributed by atoms with Crippen LogP contribution >= 0.6 is 15.9 Å². The number of amides is 2. The third kappa shape index (κ3) is 1.84. The van der Waals surface area contributed by atoms with E-state index in [0.29, 0.717) is 11.5 Å². The van der Waals surface area contributed by atoms with Crippen LogP contribution in [0.1, 0.15) is 12.0 Å². The number of hydrazone groups is 1. The van der Waals surface area contributed by atoms with E-state index < -0.39 is 0 Å². The predicted molar refractivity (Wildman–Crippen MR) is 87.4 cm³/mol. The summed E-state index contributed by atoms with van der Waals surface area (Å²) in [6.45, 7) is 0.185. The Labute approximate surface area is 146 Å². The summed E-state index contributed by atoms with van der Waals surface area (Å²) in [5.74, 6) is 0.824. The molecule has 1 saturated heterocycles. The molecule has 2 amide bonds. The van der Waals surface area contributed by atoms with Crippen molar-refractivity contribution >= 4 is 34.0 Å². The standard InChI is InChI=1S/C17H13BrN2O4/c18-11-5-13-12(23-7-24-13)4-10(11)6-19-20-16(21)14-8-1-2-9(3-8)15(14)17(20)22/h1-2,4-6,8-9,14-15H,3,7H2/b19-6-/t8-,9-,14-,15-/m0/s1. The van der Waals surface area contributed by atoms with Gasteiger partial charge in [0, 0.05) is 10.0 Å². The molecule has 7 heteroatoms. The zero-order valence-electron chi connectivity index (χ0n) is 12.5. The van der Waals surface area contributed by atoms with E-state index in [1.54, 1.807) is 12.1 Å². The molecule has 0 unspecified atom stereocenters. The van der Waals surface area contributed by atoms with Gasteiger partial charge in [0.1, 0.15) is 0 Å². The van der Waals surface area contributed by atoms with Gasteiger partial charge in [-0.2, -0.15) is 10.1 Å². The van der Waals surface area contributed by atoms with Gasteiger partial charge in [-0.15, -0.1) is 0 Å². The molecule has 2 fully saturated rings. The van der Waals surface area contributed by atoms with Crippen LogP contribution in [-0.2, 0) is 9.59 Å². The minimum Gasteiger partial charge on any atom is -0.454 e. The van der Waals surface area contributed by atoms with E-state index >= 15 is 0 Å². The normalized spacial score (nSPS) is 32.5. The Kier molecular flexibility index (Phi) is 2.92. The number of rotatable bonds is 2. The second kappa shape index (κ2) is 4.92. The van der Waals surface area contributed by atoms with Gasteiger partial charge in [-0.3, -0.25) is 9.59 Å². The number of carbonyl (C=O) groups is 2. The van der Waals surface area contributed by atoms with Crippen molar-refractivity contribution in [2.45, 2.75) is 6.42 Å². The first-order valence-electron chi connectivity index (χ1n) is 7.83. The maximum atomic E-state index is 12.6. The van der Waals surface area contributed by atoms with Crippen molar-refractivity contribution in [1.29, 1.82) is 0 Å². The average Bonchev–Trinajstić information content (AvgIpc) is 3.31. The quantitative estimate of drug-likeness (QED) is 0.442. The Morgan fingerprint density at radius 3 is 2.38 bits per heavy atom. The number of allylic oxidation sites excluding steroid dienone is 2. The number of hydrogen-bond donors (Lipinski definition) is 0. The lowest BCUT2D eigenvalue weighted by molar-refractivity contribution is -0.140. The molecule has 2 bridgehead atoms. The van der Waals surface area contributed by atoms with Crippen molar-refractivity contribution in [2.24, 2.45) is 28.8 Å². The molecule has 1 saturated carbocycles. The zero-order chi connectivity index (χ0) is 16.4. The Bertz CT molecular complexity index is 804. The summed E-state index contributed by atoms with van der Waals surface area (Å²) in [5, 5.41) is 5.22. The summed E-state index contributed by atoms with van der Waals surface area (Å²) in [5.41, 5.74) is 0.720. The Morgan fingerprint density at radius 1 is 1.08 bits per heavy atom. The van der Waals surface area contributed by atoms with E-state index in [2.05, 4.69) is 33.2 Å². The first kappa shape index (κ1) is 14.2. The molecule has 4 aliphatic rings. The molecule has 1 aromatic rings. The number of carbonyl (C=O) groups excluding carboxylic acids is 2. The maximum Gasteiger partial charge on any atom is 0.254 e. The molecule has 2 aliphatic heterocycles. The van der Waals surface area contributed by atoms with E-state index in [1.165, 1.54) is 6.21 Å². The van der Waals surface area contributed by atoms with Crippen LogP contribution in [0.3, 0.4) is 0 Å². The van der Waals surface area contributed by atoms with Gasteiger partial charge in [0.25, 0.3) is 11.8 Å². The number of ether oxygens (including phenoxy) is 2. The van der Waals surface area contributed by atoms with Crippen LogP contribution in [0.2, 0.25) is 0 Å². The lowest BCUT2D eigenvalue weighted by Gasteiger charge is -2.13. The lowest BCUT2D eigenvalue weighted by Crippen LogP contribution is -2.28. The molecule has 4 atom stereocenters. The Morgan fingerprint density at radius 2 is 1.71 bits per heavy atom. The second-order valence-corrected chi connectivity index (χ2v) is 7.31. The van der Waals surface area contributed by atoms with Crippen LogP contribution in [-0.4, -0.2) is 29.8 Å². The van der Waals surface area contributed by atoms with Gasteiger partial charge in [0.15, 0.2) is 11.5 Å². The fourth-order valence-electron chi connectivity index (χ4n) is 4.15. The molecule has 1 aromatic carbocycles. The van der Waals surface area contributed by atoms with Gasteiger partial charge < -0.3 is 9.47 Å². The minimum absolute atomic E-state index is 0.185. The Hall–Kier alpha value is -2.15. The number of imide groups is 1. The fraction of sp³-hybridized carbons (Fsp3) is 0.353. The minimum atomic E-state index is -0.232. The third-order valence-electron chi connectivity index (χ3n) is 5.25. The number of benzene rings is 1.